The summed E-state index contributed by atoms with van der Waals surface area (Å²) in [6.07, 6.45) is -0.826. The van der Waals surface area contributed by atoms with Crippen LogP contribution in [0.2, 0.25) is 0 Å². The van der Waals surface area contributed by atoms with Gasteiger partial charge in [-0.05, 0) is 36.7 Å². The molecule has 0 saturated heterocycles. The summed E-state index contributed by atoms with van der Waals surface area (Å²) in [5, 5.41) is 19.7. The molecule has 0 radical (unpaired) electrons. The molecule has 6 nitrogen and oxygen atoms in total. The number of hydrogen-bond donors (Lipinski definition) is 0. The van der Waals surface area contributed by atoms with Crippen LogP contribution in [0.4, 0.5) is 18.9 Å². The minimum absolute atomic E-state index is 0.118. The minimum Gasteiger partial charge on any atom is -0.306 e. The lowest BCUT2D eigenvalue weighted by Crippen LogP contribution is -2.06. The Labute approximate surface area is 139 Å². The van der Waals surface area contributed by atoms with Crippen LogP contribution in [0.25, 0.3) is 0 Å². The highest BCUT2D eigenvalue weighted by atomic mass is 32.2. The molecule has 2 aromatic rings. The molecule has 24 heavy (non-hydrogen) atoms. The molecule has 0 unspecified atom stereocenters. The number of alkyl halides is 3. The molecular formula is C14H13F3N4O2S. The molecule has 0 fully saturated rings. The summed E-state index contributed by atoms with van der Waals surface area (Å²) in [5.41, 5.74) is -1.63. The van der Waals surface area contributed by atoms with Crippen molar-refractivity contribution in [2.75, 3.05) is 0 Å². The lowest BCUT2D eigenvalue weighted by molar-refractivity contribution is -0.388. The predicted molar refractivity (Wildman–Crippen MR) is 79.8 cm³/mol. The van der Waals surface area contributed by atoms with Gasteiger partial charge in [-0.15, -0.1) is 10.2 Å². The van der Waals surface area contributed by atoms with Gasteiger partial charge < -0.3 is 4.57 Å². The first-order chi connectivity index (χ1) is 11.4. The van der Waals surface area contributed by atoms with Crippen molar-refractivity contribution in [3.8, 4) is 0 Å². The van der Waals surface area contributed by atoms with Crippen LogP contribution in [0.15, 0.2) is 28.3 Å². The lowest BCUT2D eigenvalue weighted by Gasteiger charge is -2.09. The van der Waals surface area contributed by atoms with E-state index in [4.69, 9.17) is 0 Å². The maximum Gasteiger partial charge on any atom is 0.416 e. The van der Waals surface area contributed by atoms with Crippen LogP contribution in [0.3, 0.4) is 0 Å². The van der Waals surface area contributed by atoms with Gasteiger partial charge in [-0.1, -0.05) is 6.42 Å². The van der Waals surface area contributed by atoms with Crippen molar-refractivity contribution in [2.45, 2.75) is 48.5 Å². The van der Waals surface area contributed by atoms with Gasteiger partial charge >= 0.3 is 6.18 Å². The molecule has 0 bridgehead atoms. The smallest absolute Gasteiger partial charge is 0.306 e. The van der Waals surface area contributed by atoms with Crippen molar-refractivity contribution in [2.24, 2.45) is 0 Å². The van der Waals surface area contributed by atoms with Crippen LogP contribution >= 0.6 is 11.8 Å². The van der Waals surface area contributed by atoms with Crippen LogP contribution in [-0.2, 0) is 19.1 Å². The first-order valence-electron chi connectivity index (χ1n) is 7.32. The van der Waals surface area contributed by atoms with Crippen molar-refractivity contribution in [1.82, 2.24) is 14.8 Å². The zero-order chi connectivity index (χ0) is 17.3. The topological polar surface area (TPSA) is 73.8 Å². The predicted octanol–water partition coefficient (Wildman–Crippen LogP) is 4.08. The molecule has 0 spiro atoms. The summed E-state index contributed by atoms with van der Waals surface area (Å²) in [6, 6.07) is 2.51. The average molecular weight is 358 g/mol. The molecule has 0 amide bonds. The maximum absolute atomic E-state index is 12.8. The van der Waals surface area contributed by atoms with E-state index in [1.54, 1.807) is 0 Å². The van der Waals surface area contributed by atoms with Gasteiger partial charge in [0.25, 0.3) is 5.69 Å². The number of fused-ring (bicyclic) bond motifs is 1. The largest absolute Gasteiger partial charge is 0.416 e. The van der Waals surface area contributed by atoms with Gasteiger partial charge in [0.05, 0.1) is 15.4 Å². The molecule has 0 N–H and O–H groups in total. The quantitative estimate of drug-likeness (QED) is 0.610. The van der Waals surface area contributed by atoms with Gasteiger partial charge in [-0.3, -0.25) is 10.1 Å². The Morgan fingerprint density at radius 2 is 2.00 bits per heavy atom. The number of nitro groups is 1. The fraction of sp³-hybridized carbons (Fsp3) is 0.429. The molecule has 1 aliphatic rings. The van der Waals surface area contributed by atoms with Crippen LogP contribution in [0.1, 0.15) is 30.7 Å². The molecule has 2 heterocycles. The normalized spacial score (nSPS) is 15.0. The van der Waals surface area contributed by atoms with Crippen molar-refractivity contribution < 1.29 is 18.1 Å². The van der Waals surface area contributed by atoms with E-state index in [1.165, 1.54) is 0 Å². The highest BCUT2D eigenvalue weighted by molar-refractivity contribution is 7.99. The fourth-order valence-corrected chi connectivity index (χ4v) is 3.51. The summed E-state index contributed by atoms with van der Waals surface area (Å²) in [4.78, 5) is 10.5. The summed E-state index contributed by atoms with van der Waals surface area (Å²) in [5.74, 6) is 0.810. The number of aryl methyl sites for hydroxylation is 1. The number of benzene rings is 1. The molecule has 10 heteroatoms. The summed E-state index contributed by atoms with van der Waals surface area (Å²) < 4.78 is 40.2. The summed E-state index contributed by atoms with van der Waals surface area (Å²) >= 11 is 0.973. The van der Waals surface area contributed by atoms with E-state index in [1.807, 2.05) is 4.57 Å². The number of nitro benzene ring substituents is 1. The number of nitrogens with zero attached hydrogens (tertiary/aromatic N) is 4. The number of aromatic nitrogens is 3. The third-order valence-corrected chi connectivity index (χ3v) is 4.81. The van der Waals surface area contributed by atoms with Crippen molar-refractivity contribution >= 4 is 17.4 Å². The second-order valence-electron chi connectivity index (χ2n) is 5.40. The van der Waals surface area contributed by atoms with E-state index in [-0.39, 0.29) is 4.90 Å². The van der Waals surface area contributed by atoms with Gasteiger partial charge in [0, 0.05) is 19.0 Å². The molecule has 0 atom stereocenters. The Kier molecular flexibility index (Phi) is 4.48. The fourth-order valence-electron chi connectivity index (χ4n) is 2.55. The van der Waals surface area contributed by atoms with E-state index in [2.05, 4.69) is 10.2 Å². The van der Waals surface area contributed by atoms with E-state index in [0.29, 0.717) is 17.8 Å². The molecule has 0 saturated carbocycles. The molecule has 0 aliphatic carbocycles. The Bertz CT molecular complexity index is 776. The second kappa shape index (κ2) is 6.42. The molecule has 1 aliphatic heterocycles. The van der Waals surface area contributed by atoms with Crippen LogP contribution in [0.5, 0.6) is 0 Å². The van der Waals surface area contributed by atoms with E-state index in [0.717, 1.165) is 55.4 Å². The first kappa shape index (κ1) is 16.7. The van der Waals surface area contributed by atoms with E-state index >= 15 is 0 Å². The van der Waals surface area contributed by atoms with Gasteiger partial charge in [0.15, 0.2) is 5.16 Å². The summed E-state index contributed by atoms with van der Waals surface area (Å²) in [7, 11) is 0. The van der Waals surface area contributed by atoms with Gasteiger partial charge in [0.2, 0.25) is 0 Å². The van der Waals surface area contributed by atoms with Crippen LogP contribution in [0, 0.1) is 10.1 Å². The molecule has 1 aromatic heterocycles. The first-order valence-corrected chi connectivity index (χ1v) is 8.13. The molecule has 128 valence electrons. The number of halogens is 3. The number of rotatable bonds is 3. The van der Waals surface area contributed by atoms with Crippen LogP contribution < -0.4 is 0 Å². The standard InChI is InChI=1S/C14H13F3N4O2S/c15-14(16,17)9-5-6-11(10(8-9)21(22)23)24-13-19-18-12-4-2-1-3-7-20(12)13/h5-6,8H,1-4,7H2. The SMILES string of the molecule is O=[N+]([O-])c1cc(C(F)(F)F)ccc1Sc1nnc2n1CCCCC2. The highest BCUT2D eigenvalue weighted by Crippen LogP contribution is 2.39. The molecule has 3 rings (SSSR count). The Morgan fingerprint density at radius 1 is 1.21 bits per heavy atom. The molecular weight excluding hydrogens is 345 g/mol. The zero-order valence-electron chi connectivity index (χ0n) is 12.4. The van der Waals surface area contributed by atoms with Crippen LogP contribution in [-0.4, -0.2) is 19.7 Å². The Hall–Kier alpha value is -2.10. The Morgan fingerprint density at radius 3 is 2.71 bits per heavy atom. The van der Waals surface area contributed by atoms with Gasteiger partial charge in [-0.2, -0.15) is 13.2 Å². The van der Waals surface area contributed by atoms with Crippen molar-refractivity contribution in [3.05, 3.63) is 39.7 Å². The van der Waals surface area contributed by atoms with Gasteiger partial charge in [0.1, 0.15) is 5.82 Å². The van der Waals surface area contributed by atoms with Crippen molar-refractivity contribution in [1.29, 1.82) is 0 Å². The average Bonchev–Trinajstić information content (AvgIpc) is 2.74. The zero-order valence-corrected chi connectivity index (χ0v) is 13.2. The lowest BCUT2D eigenvalue weighted by atomic mass is 10.2. The third kappa shape index (κ3) is 3.37. The van der Waals surface area contributed by atoms with Gasteiger partial charge in [-0.25, -0.2) is 0 Å². The number of hydrogen-bond acceptors (Lipinski definition) is 5. The van der Waals surface area contributed by atoms with E-state index in [9.17, 15) is 23.3 Å². The minimum atomic E-state index is -4.63. The van der Waals surface area contributed by atoms with Crippen molar-refractivity contribution in [3.63, 3.8) is 0 Å². The Balaban J connectivity index is 1.96. The second-order valence-corrected chi connectivity index (χ2v) is 6.41. The third-order valence-electron chi connectivity index (χ3n) is 3.76. The maximum atomic E-state index is 12.8. The van der Waals surface area contributed by atoms with E-state index < -0.39 is 22.4 Å². The monoisotopic (exact) mass is 358 g/mol. The highest BCUT2D eigenvalue weighted by Gasteiger charge is 2.33. The molecule has 1 aromatic carbocycles. The summed E-state index contributed by atoms with van der Waals surface area (Å²) in [6.45, 7) is 0.707.